The summed E-state index contributed by atoms with van der Waals surface area (Å²) >= 11 is 0. The summed E-state index contributed by atoms with van der Waals surface area (Å²) < 4.78 is 9.14. The van der Waals surface area contributed by atoms with Crippen LogP contribution in [0.15, 0.2) is 217 Å². The standard InChI is InChI=1S/C59H41NO/c1-59(2)56-47(28-17-29-49(56)58-57(59)48-27-14-16-31-55(48)61-58)46-26-13-15-30-52(46)60-53-34-32-40(44-24-11-9-22-42(44)38-18-5-3-6-19-38)36-50(53)51-37-41(33-35-54(51)60)45-25-12-10-23-43(45)39-20-7-4-8-21-39/h3-37H,1-2H3. The van der Waals surface area contributed by atoms with Crippen LogP contribution < -0.4 is 0 Å². The van der Waals surface area contributed by atoms with E-state index in [-0.39, 0.29) is 5.41 Å². The highest BCUT2D eigenvalue weighted by Crippen LogP contribution is 2.56. The van der Waals surface area contributed by atoms with Gasteiger partial charge in [0, 0.05) is 38.3 Å². The molecule has 0 bridgehead atoms. The fourth-order valence-corrected chi connectivity index (χ4v) is 10.3. The summed E-state index contributed by atoms with van der Waals surface area (Å²) in [4.78, 5) is 0. The summed E-state index contributed by atoms with van der Waals surface area (Å²) in [6, 6.07) is 77.3. The molecule has 0 spiro atoms. The van der Waals surface area contributed by atoms with E-state index in [4.69, 9.17) is 4.42 Å². The maximum atomic E-state index is 6.64. The number of rotatable bonds is 6. The average Bonchev–Trinajstić information content (AvgIpc) is 3.95. The van der Waals surface area contributed by atoms with Gasteiger partial charge in [0.15, 0.2) is 0 Å². The average molecular weight is 780 g/mol. The molecule has 2 aromatic heterocycles. The van der Waals surface area contributed by atoms with Gasteiger partial charge in [-0.2, -0.15) is 0 Å². The van der Waals surface area contributed by atoms with Gasteiger partial charge in [0.05, 0.1) is 16.7 Å². The number of aromatic nitrogens is 1. The summed E-state index contributed by atoms with van der Waals surface area (Å²) in [5.41, 5.74) is 20.0. The zero-order valence-electron chi connectivity index (χ0n) is 34.1. The fourth-order valence-electron chi connectivity index (χ4n) is 10.3. The second-order valence-corrected chi connectivity index (χ2v) is 16.8. The van der Waals surface area contributed by atoms with Crippen molar-refractivity contribution in [3.8, 4) is 72.6 Å². The highest BCUT2D eigenvalue weighted by molar-refractivity contribution is 6.13. The predicted octanol–water partition coefficient (Wildman–Crippen LogP) is 16.2. The molecular weight excluding hydrogens is 739 g/mol. The van der Waals surface area contributed by atoms with Crippen LogP contribution in [0.2, 0.25) is 0 Å². The highest BCUT2D eigenvalue weighted by atomic mass is 16.3. The van der Waals surface area contributed by atoms with Gasteiger partial charge in [-0.3, -0.25) is 0 Å². The number of hydrogen-bond acceptors (Lipinski definition) is 1. The zero-order valence-corrected chi connectivity index (χ0v) is 34.1. The van der Waals surface area contributed by atoms with Crippen LogP contribution in [-0.4, -0.2) is 4.57 Å². The zero-order chi connectivity index (χ0) is 40.7. The quantitative estimate of drug-likeness (QED) is 0.164. The Morgan fingerprint density at radius 3 is 1.39 bits per heavy atom. The van der Waals surface area contributed by atoms with E-state index in [2.05, 4.69) is 231 Å². The SMILES string of the molecule is CC1(C)c2c(-c3ccccc3-n3c4ccc(-c5ccccc5-c5ccccc5)cc4c4cc(-c5ccccc5-c5ccccc5)ccc43)cccc2-c2oc3ccccc3c21. The number of fused-ring (bicyclic) bond motifs is 8. The van der Waals surface area contributed by atoms with Crippen molar-refractivity contribution in [2.75, 3.05) is 0 Å². The number of para-hydroxylation sites is 2. The molecule has 288 valence electrons. The van der Waals surface area contributed by atoms with E-state index >= 15 is 0 Å². The van der Waals surface area contributed by atoms with Crippen LogP contribution in [-0.2, 0) is 5.41 Å². The summed E-state index contributed by atoms with van der Waals surface area (Å²) in [6.45, 7) is 4.71. The maximum absolute atomic E-state index is 6.64. The normalized spacial score (nSPS) is 12.9. The van der Waals surface area contributed by atoms with E-state index in [0.29, 0.717) is 0 Å². The van der Waals surface area contributed by atoms with Crippen molar-refractivity contribution >= 4 is 32.8 Å². The first-order valence-electron chi connectivity index (χ1n) is 21.2. The van der Waals surface area contributed by atoms with E-state index in [0.717, 1.165) is 17.0 Å². The van der Waals surface area contributed by atoms with Gasteiger partial charge >= 0.3 is 0 Å². The van der Waals surface area contributed by atoms with E-state index < -0.39 is 0 Å². The van der Waals surface area contributed by atoms with Gasteiger partial charge in [-0.15, -0.1) is 0 Å². The smallest absolute Gasteiger partial charge is 0.139 e. The van der Waals surface area contributed by atoms with Crippen LogP contribution in [0.4, 0.5) is 0 Å². The molecule has 0 saturated carbocycles. The summed E-state index contributed by atoms with van der Waals surface area (Å²) in [5, 5.41) is 3.62. The van der Waals surface area contributed by atoms with Gasteiger partial charge in [0.2, 0.25) is 0 Å². The minimum absolute atomic E-state index is 0.274. The molecule has 9 aromatic carbocycles. The lowest BCUT2D eigenvalue weighted by Gasteiger charge is -2.25. The lowest BCUT2D eigenvalue weighted by molar-refractivity contribution is 0.619. The van der Waals surface area contributed by atoms with E-state index in [1.807, 2.05) is 0 Å². The van der Waals surface area contributed by atoms with Gasteiger partial charge < -0.3 is 8.98 Å². The Labute approximate surface area is 355 Å². The lowest BCUT2D eigenvalue weighted by atomic mass is 9.78. The van der Waals surface area contributed by atoms with Crippen molar-refractivity contribution in [2.24, 2.45) is 0 Å². The molecule has 1 aliphatic carbocycles. The molecule has 2 nitrogen and oxygen atoms in total. The molecule has 61 heavy (non-hydrogen) atoms. The Bertz CT molecular complexity index is 3350. The molecule has 0 radical (unpaired) electrons. The molecule has 2 heterocycles. The number of hydrogen-bond donors (Lipinski definition) is 0. The molecule has 0 amide bonds. The monoisotopic (exact) mass is 779 g/mol. The summed E-state index contributed by atoms with van der Waals surface area (Å²) in [5.74, 6) is 0.990. The maximum Gasteiger partial charge on any atom is 0.139 e. The van der Waals surface area contributed by atoms with Crippen molar-refractivity contribution in [1.82, 2.24) is 4.57 Å². The minimum Gasteiger partial charge on any atom is -0.456 e. The number of benzene rings is 9. The van der Waals surface area contributed by atoms with Crippen LogP contribution in [0.3, 0.4) is 0 Å². The third kappa shape index (κ3) is 5.42. The van der Waals surface area contributed by atoms with E-state index in [1.54, 1.807) is 0 Å². The first-order valence-corrected chi connectivity index (χ1v) is 21.2. The van der Waals surface area contributed by atoms with Crippen molar-refractivity contribution in [1.29, 1.82) is 0 Å². The molecule has 1 aliphatic rings. The van der Waals surface area contributed by atoms with Crippen LogP contribution in [0.5, 0.6) is 0 Å². The minimum atomic E-state index is -0.274. The first-order chi connectivity index (χ1) is 30.0. The van der Waals surface area contributed by atoms with Crippen LogP contribution in [0.25, 0.3) is 105 Å². The van der Waals surface area contributed by atoms with Crippen LogP contribution in [0, 0.1) is 0 Å². The van der Waals surface area contributed by atoms with Crippen molar-refractivity contribution in [3.63, 3.8) is 0 Å². The van der Waals surface area contributed by atoms with Crippen LogP contribution in [0.1, 0.15) is 25.0 Å². The molecule has 0 atom stereocenters. The predicted molar refractivity (Wildman–Crippen MR) is 255 cm³/mol. The Kier molecular flexibility index (Phi) is 7.92. The molecule has 0 saturated heterocycles. The van der Waals surface area contributed by atoms with Gasteiger partial charge in [-0.1, -0.05) is 190 Å². The third-order valence-electron chi connectivity index (χ3n) is 13.0. The Balaban J connectivity index is 1.11. The third-order valence-corrected chi connectivity index (χ3v) is 13.0. The van der Waals surface area contributed by atoms with E-state index in [1.165, 1.54) is 99.5 Å². The van der Waals surface area contributed by atoms with Crippen molar-refractivity contribution < 1.29 is 4.42 Å². The Morgan fingerprint density at radius 2 is 0.803 bits per heavy atom. The van der Waals surface area contributed by atoms with E-state index in [9.17, 15) is 0 Å². The summed E-state index contributed by atoms with van der Waals surface area (Å²) in [6.07, 6.45) is 0. The molecule has 0 unspecified atom stereocenters. The highest BCUT2D eigenvalue weighted by Gasteiger charge is 2.42. The Hall–Kier alpha value is -7.68. The lowest BCUT2D eigenvalue weighted by Crippen LogP contribution is -2.16. The molecule has 0 aliphatic heterocycles. The van der Waals surface area contributed by atoms with Gasteiger partial charge in [0.1, 0.15) is 11.3 Å². The largest absolute Gasteiger partial charge is 0.456 e. The first kappa shape index (κ1) is 35.3. The second kappa shape index (κ2) is 13.7. The molecule has 2 heteroatoms. The summed E-state index contributed by atoms with van der Waals surface area (Å²) in [7, 11) is 0. The van der Waals surface area contributed by atoms with Gasteiger partial charge in [0.25, 0.3) is 0 Å². The number of nitrogens with zero attached hydrogens (tertiary/aromatic N) is 1. The Morgan fingerprint density at radius 1 is 0.344 bits per heavy atom. The number of furan rings is 1. The van der Waals surface area contributed by atoms with Gasteiger partial charge in [-0.05, 0) is 92.0 Å². The molecule has 11 aromatic rings. The van der Waals surface area contributed by atoms with Crippen molar-refractivity contribution in [3.05, 3.63) is 223 Å². The van der Waals surface area contributed by atoms with Crippen LogP contribution >= 0.6 is 0 Å². The molecule has 0 N–H and O–H groups in total. The molecular formula is C59H41NO. The molecule has 0 fully saturated rings. The fraction of sp³-hybridized carbons (Fsp3) is 0.0508. The van der Waals surface area contributed by atoms with Gasteiger partial charge in [-0.25, -0.2) is 0 Å². The topological polar surface area (TPSA) is 18.1 Å². The van der Waals surface area contributed by atoms with Crippen molar-refractivity contribution in [2.45, 2.75) is 19.3 Å². The molecule has 12 rings (SSSR count). The second-order valence-electron chi connectivity index (χ2n) is 16.8.